The molecule has 4 rings (SSSR count). The second-order valence-electron chi connectivity index (χ2n) is 6.16. The molecule has 0 unspecified atom stereocenters. The lowest BCUT2D eigenvalue weighted by Gasteiger charge is -2.15. The fourth-order valence-corrected chi connectivity index (χ4v) is 3.30. The van der Waals surface area contributed by atoms with Crippen LogP contribution in [0.4, 0.5) is 0 Å². The zero-order valence-electron chi connectivity index (χ0n) is 14.9. The third kappa shape index (κ3) is 2.87. The minimum Gasteiger partial charge on any atom is -0.504 e. The summed E-state index contributed by atoms with van der Waals surface area (Å²) in [5.41, 5.74) is 3.52. The normalized spacial score (nSPS) is 15.3. The van der Waals surface area contributed by atoms with Gasteiger partial charge in [-0.25, -0.2) is 0 Å². The van der Waals surface area contributed by atoms with Crippen LogP contribution in [0.3, 0.4) is 0 Å². The van der Waals surface area contributed by atoms with Crippen molar-refractivity contribution in [2.24, 2.45) is 0 Å². The van der Waals surface area contributed by atoms with Crippen LogP contribution in [0, 0.1) is 0 Å². The third-order valence-corrected chi connectivity index (χ3v) is 4.56. The number of nitrogens with one attached hydrogen (secondary N) is 2. The number of carbonyl (C=O) groups is 1. The van der Waals surface area contributed by atoms with Gasteiger partial charge in [0.25, 0.3) is 5.91 Å². The molecule has 2 heterocycles. The molecule has 0 radical (unpaired) electrons. The number of phenolic OH excluding ortho intramolecular Hbond substituents is 1. The van der Waals surface area contributed by atoms with Crippen LogP contribution >= 0.6 is 0 Å². The van der Waals surface area contributed by atoms with Crippen LogP contribution in [0.1, 0.15) is 34.6 Å². The number of H-pyrrole nitrogens is 1. The molecular weight excluding hydrogens is 346 g/mol. The van der Waals surface area contributed by atoms with Gasteiger partial charge >= 0.3 is 0 Å². The summed E-state index contributed by atoms with van der Waals surface area (Å²) in [6.45, 7) is 2.28. The summed E-state index contributed by atoms with van der Waals surface area (Å²) < 4.78 is 10.8. The maximum Gasteiger partial charge on any atom is 0.270 e. The van der Waals surface area contributed by atoms with Gasteiger partial charge in [0.05, 0.1) is 25.5 Å². The number of nitrogens with zero attached hydrogens (tertiary/aromatic N) is 1. The predicted molar refractivity (Wildman–Crippen MR) is 99.2 cm³/mol. The first-order valence-electron chi connectivity index (χ1n) is 8.61. The van der Waals surface area contributed by atoms with Gasteiger partial charge in [-0.15, -0.1) is 0 Å². The van der Waals surface area contributed by atoms with E-state index in [9.17, 15) is 9.90 Å². The molecule has 0 bridgehead atoms. The molecule has 138 valence electrons. The largest absolute Gasteiger partial charge is 0.504 e. The van der Waals surface area contributed by atoms with Gasteiger partial charge in [-0.05, 0) is 36.8 Å². The van der Waals surface area contributed by atoms with Crippen molar-refractivity contribution in [3.63, 3.8) is 0 Å². The summed E-state index contributed by atoms with van der Waals surface area (Å²) in [5, 5.41) is 20.1. The van der Waals surface area contributed by atoms with Crippen LogP contribution in [0.25, 0.3) is 11.3 Å². The first kappa shape index (κ1) is 17.0. The number of aromatic nitrogens is 2. The molecule has 1 aromatic heterocycles. The molecule has 0 saturated carbocycles. The fraction of sp³-hybridized carbons (Fsp3) is 0.200. The molecule has 3 aromatic rings. The average Bonchev–Trinajstić information content (AvgIpc) is 3.25. The minimum absolute atomic E-state index is 0.0605. The van der Waals surface area contributed by atoms with E-state index >= 15 is 0 Å². The Labute approximate surface area is 155 Å². The zero-order valence-corrected chi connectivity index (χ0v) is 14.9. The number of aromatic hydroxyl groups is 1. The van der Waals surface area contributed by atoms with E-state index in [4.69, 9.17) is 9.47 Å². The van der Waals surface area contributed by atoms with E-state index in [2.05, 4.69) is 15.5 Å². The average molecular weight is 365 g/mol. The smallest absolute Gasteiger partial charge is 0.270 e. The summed E-state index contributed by atoms with van der Waals surface area (Å²) in [7, 11) is 1.60. The summed E-state index contributed by atoms with van der Waals surface area (Å²) in [6.07, 6.45) is 0. The molecule has 0 saturated heterocycles. The third-order valence-electron chi connectivity index (χ3n) is 4.56. The lowest BCUT2D eigenvalue weighted by Crippen LogP contribution is -2.21. The highest BCUT2D eigenvalue weighted by atomic mass is 16.5. The van der Waals surface area contributed by atoms with Gasteiger partial charge in [0.2, 0.25) is 0 Å². The minimum atomic E-state index is -0.396. The molecular formula is C20H19N3O4. The maximum absolute atomic E-state index is 12.4. The van der Waals surface area contributed by atoms with Crippen LogP contribution in [0.2, 0.25) is 0 Å². The predicted octanol–water partition coefficient (Wildman–Crippen LogP) is 3.02. The Kier molecular flexibility index (Phi) is 4.19. The van der Waals surface area contributed by atoms with Crippen molar-refractivity contribution in [2.75, 3.05) is 13.7 Å². The maximum atomic E-state index is 12.4. The lowest BCUT2D eigenvalue weighted by atomic mass is 9.96. The van der Waals surface area contributed by atoms with Crippen molar-refractivity contribution >= 4 is 5.91 Å². The quantitative estimate of drug-likeness (QED) is 0.646. The van der Waals surface area contributed by atoms with Crippen molar-refractivity contribution in [1.82, 2.24) is 15.5 Å². The van der Waals surface area contributed by atoms with Crippen LogP contribution in [-0.4, -0.2) is 34.9 Å². The van der Waals surface area contributed by atoms with Crippen LogP contribution < -0.4 is 14.8 Å². The number of ether oxygens (including phenoxy) is 2. The van der Waals surface area contributed by atoms with Gasteiger partial charge in [-0.2, -0.15) is 5.10 Å². The van der Waals surface area contributed by atoms with Gasteiger partial charge in [-0.1, -0.05) is 18.2 Å². The van der Waals surface area contributed by atoms with E-state index < -0.39 is 6.04 Å². The number of phenols is 1. The Hall–Kier alpha value is -3.48. The summed E-state index contributed by atoms with van der Waals surface area (Å²) in [6, 6.07) is 12.2. The highest BCUT2D eigenvalue weighted by Gasteiger charge is 2.35. The Morgan fingerprint density at radius 3 is 2.85 bits per heavy atom. The number of amides is 1. The van der Waals surface area contributed by atoms with Gasteiger partial charge in [0.15, 0.2) is 11.5 Å². The van der Waals surface area contributed by atoms with Crippen molar-refractivity contribution in [3.05, 3.63) is 59.3 Å². The van der Waals surface area contributed by atoms with E-state index in [0.29, 0.717) is 29.5 Å². The van der Waals surface area contributed by atoms with Gasteiger partial charge < -0.3 is 19.9 Å². The number of fused-ring (bicyclic) bond motifs is 1. The number of methoxy groups -OCH3 is 1. The zero-order chi connectivity index (χ0) is 19.0. The molecule has 1 aliphatic heterocycles. The standard InChI is InChI=1S/C20H19N3O4/c1-3-27-15-10-12(7-8-14(15)24)17-16-18(22-23-19(16)20(25)21-17)11-5-4-6-13(9-11)26-2/h4-10,17,24H,3H2,1-2H3,(H,21,25)(H,22,23)/t17-/m1/s1. The molecule has 1 aliphatic rings. The molecule has 2 aromatic carbocycles. The second kappa shape index (κ2) is 6.68. The highest BCUT2D eigenvalue weighted by Crippen LogP contribution is 2.39. The number of rotatable bonds is 5. The van der Waals surface area contributed by atoms with Gasteiger partial charge in [0, 0.05) is 11.1 Å². The van der Waals surface area contributed by atoms with Crippen molar-refractivity contribution in [1.29, 1.82) is 0 Å². The molecule has 0 fully saturated rings. The summed E-state index contributed by atoms with van der Waals surface area (Å²) >= 11 is 0. The molecule has 7 heteroatoms. The van der Waals surface area contributed by atoms with Crippen molar-refractivity contribution < 1.29 is 19.4 Å². The van der Waals surface area contributed by atoms with Crippen molar-refractivity contribution in [2.45, 2.75) is 13.0 Å². The first-order chi connectivity index (χ1) is 13.1. The molecule has 1 atom stereocenters. The fourth-order valence-electron chi connectivity index (χ4n) is 3.30. The van der Waals surface area contributed by atoms with Crippen LogP contribution in [0.5, 0.6) is 17.2 Å². The number of benzene rings is 2. The van der Waals surface area contributed by atoms with Gasteiger partial charge in [-0.3, -0.25) is 9.89 Å². The Bertz CT molecular complexity index is 1010. The van der Waals surface area contributed by atoms with Crippen LogP contribution in [-0.2, 0) is 0 Å². The topological polar surface area (TPSA) is 96.5 Å². The number of carbonyl (C=O) groups excluding carboxylic acids is 1. The molecule has 0 spiro atoms. The Morgan fingerprint density at radius 1 is 1.22 bits per heavy atom. The van der Waals surface area contributed by atoms with Gasteiger partial charge in [0.1, 0.15) is 11.4 Å². The number of hydrogen-bond donors (Lipinski definition) is 3. The van der Waals surface area contributed by atoms with E-state index in [1.165, 1.54) is 0 Å². The highest BCUT2D eigenvalue weighted by molar-refractivity contribution is 6.00. The first-order valence-corrected chi connectivity index (χ1v) is 8.61. The summed E-state index contributed by atoms with van der Waals surface area (Å²) in [5.74, 6) is 0.929. The molecule has 3 N–H and O–H groups in total. The van der Waals surface area contributed by atoms with Crippen molar-refractivity contribution in [3.8, 4) is 28.5 Å². The van der Waals surface area contributed by atoms with E-state index in [1.807, 2.05) is 31.2 Å². The second-order valence-corrected chi connectivity index (χ2v) is 6.16. The Balaban J connectivity index is 1.81. The van der Waals surface area contributed by atoms with E-state index in [0.717, 1.165) is 16.7 Å². The monoisotopic (exact) mass is 365 g/mol. The van der Waals surface area contributed by atoms with E-state index in [1.54, 1.807) is 25.3 Å². The van der Waals surface area contributed by atoms with E-state index in [-0.39, 0.29) is 11.7 Å². The molecule has 0 aliphatic carbocycles. The van der Waals surface area contributed by atoms with Crippen LogP contribution in [0.15, 0.2) is 42.5 Å². The SMILES string of the molecule is CCOc1cc([C@H]2NC(=O)c3[nH]nc(-c4cccc(OC)c4)c32)ccc1O. The summed E-state index contributed by atoms with van der Waals surface area (Å²) in [4.78, 5) is 12.4. The molecule has 27 heavy (non-hydrogen) atoms. The Morgan fingerprint density at radius 2 is 2.07 bits per heavy atom. The number of aromatic amines is 1. The number of hydrogen-bond acceptors (Lipinski definition) is 5. The lowest BCUT2D eigenvalue weighted by molar-refractivity contribution is 0.0955. The molecule has 7 nitrogen and oxygen atoms in total. The molecule has 1 amide bonds.